The van der Waals surface area contributed by atoms with Crippen LogP contribution < -0.4 is 5.32 Å². The number of carbonyl (C=O) groups is 1. The second-order valence-corrected chi connectivity index (χ2v) is 6.50. The Bertz CT molecular complexity index is 496. The molecule has 5 heteroatoms. The largest absolute Gasteiger partial charge is 0.347 e. The van der Waals surface area contributed by atoms with Crippen molar-refractivity contribution in [3.8, 4) is 0 Å². The molecular weight excluding hydrogens is 264 g/mol. The summed E-state index contributed by atoms with van der Waals surface area (Å²) in [5.74, 6) is 0.254. The highest BCUT2D eigenvalue weighted by Crippen LogP contribution is 2.38. The Hall–Kier alpha value is -1.36. The molecule has 2 aliphatic heterocycles. The van der Waals surface area contributed by atoms with Crippen molar-refractivity contribution >= 4 is 5.91 Å². The van der Waals surface area contributed by atoms with Crippen LogP contribution in [0.1, 0.15) is 50.9 Å². The van der Waals surface area contributed by atoms with Crippen LogP contribution in [0.4, 0.5) is 0 Å². The second kappa shape index (κ2) is 5.79. The summed E-state index contributed by atoms with van der Waals surface area (Å²) < 4.78 is 0. The van der Waals surface area contributed by atoms with E-state index >= 15 is 0 Å². The Balaban J connectivity index is 1.60. The molecule has 2 N–H and O–H groups in total. The number of hydrogen-bond donors (Lipinski definition) is 2. The summed E-state index contributed by atoms with van der Waals surface area (Å²) >= 11 is 0. The highest BCUT2D eigenvalue weighted by Gasteiger charge is 2.36. The molecule has 116 valence electrons. The molecular formula is C16H26N4O. The molecule has 1 atom stereocenters. The normalized spacial score (nSPS) is 24.7. The van der Waals surface area contributed by atoms with Crippen LogP contribution in [0.2, 0.25) is 0 Å². The van der Waals surface area contributed by atoms with Gasteiger partial charge < -0.3 is 9.88 Å². The molecule has 0 radical (unpaired) electrons. The molecule has 1 amide bonds. The fourth-order valence-electron chi connectivity index (χ4n) is 3.72. The van der Waals surface area contributed by atoms with Crippen LogP contribution in [0.15, 0.2) is 6.33 Å². The van der Waals surface area contributed by atoms with Crippen LogP contribution >= 0.6 is 0 Å². The van der Waals surface area contributed by atoms with Gasteiger partial charge in [0.05, 0.1) is 23.8 Å². The Kier molecular flexibility index (Phi) is 4.02. The van der Waals surface area contributed by atoms with E-state index in [2.05, 4.69) is 34.0 Å². The smallest absolute Gasteiger partial charge is 0.240 e. The first-order valence-corrected chi connectivity index (χ1v) is 8.21. The van der Waals surface area contributed by atoms with Crippen molar-refractivity contribution in [1.82, 2.24) is 20.2 Å². The van der Waals surface area contributed by atoms with Crippen molar-refractivity contribution in [2.24, 2.45) is 5.41 Å². The first-order chi connectivity index (χ1) is 10.2. The zero-order chi connectivity index (χ0) is 14.9. The Morgan fingerprint density at radius 2 is 2.10 bits per heavy atom. The summed E-state index contributed by atoms with van der Waals surface area (Å²) in [6.07, 6.45) is 7.17. The van der Waals surface area contributed by atoms with Gasteiger partial charge in [-0.2, -0.15) is 0 Å². The van der Waals surface area contributed by atoms with Gasteiger partial charge in [0.25, 0.3) is 0 Å². The van der Waals surface area contributed by atoms with E-state index in [4.69, 9.17) is 0 Å². The molecule has 0 spiro atoms. The number of nitrogens with zero attached hydrogens (tertiary/aromatic N) is 2. The van der Waals surface area contributed by atoms with Crippen LogP contribution in [0.25, 0.3) is 0 Å². The van der Waals surface area contributed by atoms with Gasteiger partial charge >= 0.3 is 0 Å². The molecule has 1 aromatic rings. The van der Waals surface area contributed by atoms with Gasteiger partial charge in [-0.15, -0.1) is 0 Å². The molecule has 0 bridgehead atoms. The minimum atomic E-state index is -0.100. The summed E-state index contributed by atoms with van der Waals surface area (Å²) in [7, 11) is 0. The van der Waals surface area contributed by atoms with Crippen molar-refractivity contribution in [3.05, 3.63) is 17.7 Å². The lowest BCUT2D eigenvalue weighted by Gasteiger charge is -2.42. The monoisotopic (exact) mass is 290 g/mol. The molecule has 0 aromatic carbocycles. The van der Waals surface area contributed by atoms with Gasteiger partial charge in [0, 0.05) is 26.1 Å². The Morgan fingerprint density at radius 3 is 2.76 bits per heavy atom. The van der Waals surface area contributed by atoms with Crippen LogP contribution in [0.3, 0.4) is 0 Å². The molecule has 3 rings (SSSR count). The molecule has 1 aromatic heterocycles. The number of rotatable bonds is 3. The maximum atomic E-state index is 12.7. The minimum Gasteiger partial charge on any atom is -0.347 e. The van der Waals surface area contributed by atoms with Crippen LogP contribution in [-0.2, 0) is 17.8 Å². The summed E-state index contributed by atoms with van der Waals surface area (Å²) in [4.78, 5) is 22.2. The van der Waals surface area contributed by atoms with E-state index in [0.717, 1.165) is 37.3 Å². The van der Waals surface area contributed by atoms with E-state index in [9.17, 15) is 4.79 Å². The molecule has 0 saturated carbocycles. The number of piperidine rings is 1. The van der Waals surface area contributed by atoms with Crippen LogP contribution in [0.5, 0.6) is 0 Å². The Morgan fingerprint density at radius 1 is 1.38 bits per heavy atom. The maximum absolute atomic E-state index is 12.7. The number of nitrogens with one attached hydrogen (secondary N) is 2. The van der Waals surface area contributed by atoms with Gasteiger partial charge in [-0.1, -0.05) is 26.7 Å². The zero-order valence-corrected chi connectivity index (χ0v) is 13.1. The predicted molar refractivity (Wildman–Crippen MR) is 81.7 cm³/mol. The van der Waals surface area contributed by atoms with Gasteiger partial charge in [0.1, 0.15) is 0 Å². The lowest BCUT2D eigenvalue weighted by Crippen LogP contribution is -2.52. The van der Waals surface area contributed by atoms with Crippen molar-refractivity contribution in [2.75, 3.05) is 13.1 Å². The fraction of sp³-hybridized carbons (Fsp3) is 0.750. The number of fused-ring (bicyclic) bond motifs is 1. The third-order valence-electron chi connectivity index (χ3n) is 5.66. The topological polar surface area (TPSA) is 61.0 Å². The summed E-state index contributed by atoms with van der Waals surface area (Å²) in [5, 5.41) is 3.34. The standard InChI is InChI=1S/C16H26N4O/c1-3-16(4-2)5-7-20(8-6-16)15(21)13-9-12-14(10-17-13)19-11-18-12/h11,13,17H,3-10H2,1-2H3,(H,18,19). The zero-order valence-electron chi connectivity index (χ0n) is 13.1. The first kappa shape index (κ1) is 14.6. The third-order valence-corrected chi connectivity index (χ3v) is 5.66. The number of aromatic amines is 1. The van der Waals surface area contributed by atoms with E-state index in [-0.39, 0.29) is 11.9 Å². The average molecular weight is 290 g/mol. The summed E-state index contributed by atoms with van der Waals surface area (Å²) in [5.41, 5.74) is 2.63. The van der Waals surface area contributed by atoms with Crippen LogP contribution in [0, 0.1) is 5.41 Å². The van der Waals surface area contributed by atoms with Gasteiger partial charge in [-0.05, 0) is 18.3 Å². The van der Waals surface area contributed by atoms with E-state index in [1.807, 2.05) is 0 Å². The van der Waals surface area contributed by atoms with E-state index in [1.54, 1.807) is 6.33 Å². The average Bonchev–Trinajstić information content (AvgIpc) is 3.02. The molecule has 1 unspecified atom stereocenters. The second-order valence-electron chi connectivity index (χ2n) is 6.50. The summed E-state index contributed by atoms with van der Waals surface area (Å²) in [6, 6.07) is -0.100. The van der Waals surface area contributed by atoms with Gasteiger partial charge in [0.2, 0.25) is 5.91 Å². The molecule has 21 heavy (non-hydrogen) atoms. The van der Waals surface area contributed by atoms with Crippen molar-refractivity contribution in [2.45, 2.75) is 58.5 Å². The highest BCUT2D eigenvalue weighted by molar-refractivity contribution is 5.82. The van der Waals surface area contributed by atoms with Crippen molar-refractivity contribution in [3.63, 3.8) is 0 Å². The van der Waals surface area contributed by atoms with Crippen molar-refractivity contribution in [1.29, 1.82) is 0 Å². The van der Waals surface area contributed by atoms with Gasteiger partial charge in [0.15, 0.2) is 0 Å². The fourth-order valence-corrected chi connectivity index (χ4v) is 3.72. The molecule has 1 fully saturated rings. The molecule has 3 heterocycles. The number of aromatic nitrogens is 2. The molecule has 2 aliphatic rings. The highest BCUT2D eigenvalue weighted by atomic mass is 16.2. The number of carbonyl (C=O) groups excluding carboxylic acids is 1. The van der Waals surface area contributed by atoms with Gasteiger partial charge in [-0.25, -0.2) is 4.98 Å². The lowest BCUT2D eigenvalue weighted by atomic mass is 9.74. The van der Waals surface area contributed by atoms with Gasteiger partial charge in [-0.3, -0.25) is 10.1 Å². The van der Waals surface area contributed by atoms with E-state index in [0.29, 0.717) is 18.4 Å². The van der Waals surface area contributed by atoms with E-state index < -0.39 is 0 Å². The quantitative estimate of drug-likeness (QED) is 0.893. The Labute approximate surface area is 126 Å². The molecule has 5 nitrogen and oxygen atoms in total. The molecule has 1 saturated heterocycles. The third kappa shape index (κ3) is 2.71. The number of hydrogen-bond acceptors (Lipinski definition) is 3. The summed E-state index contributed by atoms with van der Waals surface area (Å²) in [6.45, 7) is 7.09. The number of amides is 1. The lowest BCUT2D eigenvalue weighted by molar-refractivity contribution is -0.136. The van der Waals surface area contributed by atoms with Crippen LogP contribution in [-0.4, -0.2) is 39.9 Å². The predicted octanol–water partition coefficient (Wildman–Crippen LogP) is 1.85. The number of H-pyrrole nitrogens is 1. The van der Waals surface area contributed by atoms with Crippen molar-refractivity contribution < 1.29 is 4.79 Å². The van der Waals surface area contributed by atoms with E-state index in [1.165, 1.54) is 12.8 Å². The first-order valence-electron chi connectivity index (χ1n) is 8.21. The number of likely N-dealkylation sites (tertiary alicyclic amines) is 1. The molecule has 0 aliphatic carbocycles. The minimum absolute atomic E-state index is 0.100. The maximum Gasteiger partial charge on any atom is 0.240 e. The number of imidazole rings is 1. The SMILES string of the molecule is CCC1(CC)CCN(C(=O)C2Cc3nc[nH]c3CN2)CC1.